The molecule has 0 spiro atoms. The number of carbonyl (C=O) groups is 1. The minimum atomic E-state index is -0.336. The Bertz CT molecular complexity index is 915. The van der Waals surface area contributed by atoms with Gasteiger partial charge in [0.25, 0.3) is 5.91 Å². The third-order valence-corrected chi connectivity index (χ3v) is 3.80. The van der Waals surface area contributed by atoms with Gasteiger partial charge in [0.15, 0.2) is 5.75 Å². The fourth-order valence-electron chi connectivity index (χ4n) is 2.31. The van der Waals surface area contributed by atoms with Gasteiger partial charge in [-0.25, -0.2) is 4.98 Å². The third-order valence-electron chi connectivity index (χ3n) is 3.49. The Balaban J connectivity index is 1.85. The van der Waals surface area contributed by atoms with E-state index in [4.69, 9.17) is 21.1 Å². The predicted octanol–water partition coefficient (Wildman–Crippen LogP) is 5.18. The van der Waals surface area contributed by atoms with Crippen LogP contribution < -0.4 is 14.8 Å². The SMILES string of the molecule is CCOc1ncccc1C(=O)Nc1ccccc1Oc1ccccc1Cl. The molecule has 0 unspecified atom stereocenters. The fourth-order valence-corrected chi connectivity index (χ4v) is 2.48. The summed E-state index contributed by atoms with van der Waals surface area (Å²) >= 11 is 6.15. The molecular formula is C20H17ClN2O3. The van der Waals surface area contributed by atoms with Crippen molar-refractivity contribution in [2.75, 3.05) is 11.9 Å². The number of nitrogens with one attached hydrogen (secondary N) is 1. The van der Waals surface area contributed by atoms with E-state index < -0.39 is 0 Å². The molecule has 0 fully saturated rings. The van der Waals surface area contributed by atoms with Gasteiger partial charge >= 0.3 is 0 Å². The van der Waals surface area contributed by atoms with Crippen LogP contribution in [0.15, 0.2) is 66.9 Å². The average Bonchev–Trinajstić information content (AvgIpc) is 2.66. The number of aromatic nitrogens is 1. The molecule has 6 heteroatoms. The van der Waals surface area contributed by atoms with Gasteiger partial charge in [-0.1, -0.05) is 35.9 Å². The Morgan fingerprint density at radius 1 is 1.04 bits per heavy atom. The van der Waals surface area contributed by atoms with Crippen molar-refractivity contribution in [3.8, 4) is 17.4 Å². The number of halogens is 1. The van der Waals surface area contributed by atoms with Gasteiger partial charge < -0.3 is 14.8 Å². The summed E-state index contributed by atoms with van der Waals surface area (Å²) in [5, 5.41) is 3.32. The molecule has 1 heterocycles. The van der Waals surface area contributed by atoms with Crippen LogP contribution in [0.2, 0.25) is 5.02 Å². The highest BCUT2D eigenvalue weighted by atomic mass is 35.5. The van der Waals surface area contributed by atoms with Crippen LogP contribution >= 0.6 is 11.6 Å². The number of pyridine rings is 1. The molecule has 0 saturated carbocycles. The number of anilines is 1. The van der Waals surface area contributed by atoms with Crippen LogP contribution in [-0.2, 0) is 0 Å². The molecule has 3 rings (SSSR count). The van der Waals surface area contributed by atoms with Crippen molar-refractivity contribution < 1.29 is 14.3 Å². The highest BCUT2D eigenvalue weighted by Gasteiger charge is 2.16. The monoisotopic (exact) mass is 368 g/mol. The van der Waals surface area contributed by atoms with E-state index in [1.807, 2.05) is 31.2 Å². The van der Waals surface area contributed by atoms with E-state index in [9.17, 15) is 4.79 Å². The predicted molar refractivity (Wildman–Crippen MR) is 101 cm³/mol. The Hall–Kier alpha value is -3.05. The summed E-state index contributed by atoms with van der Waals surface area (Å²) in [5.74, 6) is 0.941. The molecule has 0 aliphatic rings. The number of benzene rings is 2. The number of hydrogen-bond acceptors (Lipinski definition) is 4. The molecule has 0 atom stereocenters. The second kappa shape index (κ2) is 8.36. The molecule has 5 nitrogen and oxygen atoms in total. The Labute approximate surface area is 156 Å². The highest BCUT2D eigenvalue weighted by Crippen LogP contribution is 2.33. The van der Waals surface area contributed by atoms with Crippen LogP contribution in [-0.4, -0.2) is 17.5 Å². The number of para-hydroxylation sites is 3. The van der Waals surface area contributed by atoms with E-state index in [0.717, 1.165) is 0 Å². The molecule has 0 aliphatic carbocycles. The number of carbonyl (C=O) groups excluding carboxylic acids is 1. The molecule has 1 amide bonds. The number of nitrogens with zero attached hydrogens (tertiary/aromatic N) is 1. The second-order valence-corrected chi connectivity index (χ2v) is 5.68. The molecule has 0 bridgehead atoms. The van der Waals surface area contributed by atoms with Gasteiger partial charge in [-0.3, -0.25) is 4.79 Å². The van der Waals surface area contributed by atoms with E-state index in [1.54, 1.807) is 42.6 Å². The summed E-state index contributed by atoms with van der Waals surface area (Å²) in [6.45, 7) is 2.26. The zero-order chi connectivity index (χ0) is 18.4. The van der Waals surface area contributed by atoms with Crippen molar-refractivity contribution in [1.82, 2.24) is 4.98 Å². The number of amides is 1. The standard InChI is InChI=1S/C20H17ClN2O3/c1-2-25-20-14(8-7-13-22-20)19(24)23-16-10-4-6-12-18(16)26-17-11-5-3-9-15(17)21/h3-13H,2H2,1H3,(H,23,24). The van der Waals surface area contributed by atoms with Crippen LogP contribution in [0.4, 0.5) is 5.69 Å². The zero-order valence-corrected chi connectivity index (χ0v) is 14.9. The number of hydrogen-bond donors (Lipinski definition) is 1. The molecule has 1 aromatic heterocycles. The minimum Gasteiger partial charge on any atom is -0.477 e. The Kier molecular flexibility index (Phi) is 5.71. The Morgan fingerprint density at radius 3 is 2.54 bits per heavy atom. The lowest BCUT2D eigenvalue weighted by atomic mass is 10.2. The van der Waals surface area contributed by atoms with Gasteiger partial charge in [0, 0.05) is 6.20 Å². The maximum absolute atomic E-state index is 12.7. The van der Waals surface area contributed by atoms with Crippen LogP contribution in [0, 0.1) is 0 Å². The maximum atomic E-state index is 12.7. The van der Waals surface area contributed by atoms with Crippen LogP contribution in [0.5, 0.6) is 17.4 Å². The number of ether oxygens (including phenoxy) is 2. The van der Waals surface area contributed by atoms with Crippen LogP contribution in [0.1, 0.15) is 17.3 Å². The van der Waals surface area contributed by atoms with Gasteiger partial charge in [0.1, 0.15) is 11.3 Å². The van der Waals surface area contributed by atoms with E-state index in [0.29, 0.717) is 34.4 Å². The molecule has 26 heavy (non-hydrogen) atoms. The average molecular weight is 369 g/mol. The zero-order valence-electron chi connectivity index (χ0n) is 14.1. The van der Waals surface area contributed by atoms with Crippen molar-refractivity contribution >= 4 is 23.2 Å². The smallest absolute Gasteiger partial charge is 0.261 e. The van der Waals surface area contributed by atoms with Crippen LogP contribution in [0.3, 0.4) is 0 Å². The van der Waals surface area contributed by atoms with E-state index in [-0.39, 0.29) is 11.8 Å². The summed E-state index contributed by atoms with van der Waals surface area (Å²) in [5.41, 5.74) is 0.866. The summed E-state index contributed by atoms with van der Waals surface area (Å²) < 4.78 is 11.3. The first-order chi connectivity index (χ1) is 12.7. The molecule has 0 saturated heterocycles. The van der Waals surface area contributed by atoms with Crippen molar-refractivity contribution in [3.05, 3.63) is 77.4 Å². The molecular weight excluding hydrogens is 352 g/mol. The first-order valence-corrected chi connectivity index (χ1v) is 8.47. The third kappa shape index (κ3) is 4.13. The van der Waals surface area contributed by atoms with Crippen molar-refractivity contribution in [3.63, 3.8) is 0 Å². The lowest BCUT2D eigenvalue weighted by Gasteiger charge is -2.14. The largest absolute Gasteiger partial charge is 0.477 e. The van der Waals surface area contributed by atoms with Crippen molar-refractivity contribution in [1.29, 1.82) is 0 Å². The Morgan fingerprint density at radius 2 is 1.77 bits per heavy atom. The van der Waals surface area contributed by atoms with Crippen molar-refractivity contribution in [2.45, 2.75) is 6.92 Å². The van der Waals surface area contributed by atoms with Gasteiger partial charge in [-0.2, -0.15) is 0 Å². The second-order valence-electron chi connectivity index (χ2n) is 5.27. The van der Waals surface area contributed by atoms with Crippen LogP contribution in [0.25, 0.3) is 0 Å². The fraction of sp³-hybridized carbons (Fsp3) is 0.100. The minimum absolute atomic E-state index is 0.289. The first-order valence-electron chi connectivity index (χ1n) is 8.09. The van der Waals surface area contributed by atoms with Gasteiger partial charge in [-0.15, -0.1) is 0 Å². The molecule has 0 aliphatic heterocycles. The van der Waals surface area contributed by atoms with E-state index in [2.05, 4.69) is 10.3 Å². The van der Waals surface area contributed by atoms with Gasteiger partial charge in [-0.05, 0) is 43.3 Å². The molecule has 132 valence electrons. The maximum Gasteiger partial charge on any atom is 0.261 e. The summed E-state index contributed by atoms with van der Waals surface area (Å²) in [7, 11) is 0. The van der Waals surface area contributed by atoms with Crippen molar-refractivity contribution in [2.24, 2.45) is 0 Å². The van der Waals surface area contributed by atoms with E-state index in [1.165, 1.54) is 0 Å². The quantitative estimate of drug-likeness (QED) is 0.651. The highest BCUT2D eigenvalue weighted by molar-refractivity contribution is 6.32. The topological polar surface area (TPSA) is 60.5 Å². The van der Waals surface area contributed by atoms with Gasteiger partial charge in [0.05, 0.1) is 17.3 Å². The normalized spacial score (nSPS) is 10.2. The van der Waals surface area contributed by atoms with E-state index >= 15 is 0 Å². The lowest BCUT2D eigenvalue weighted by molar-refractivity contribution is 0.102. The molecule has 0 radical (unpaired) electrons. The molecule has 2 aromatic carbocycles. The summed E-state index contributed by atoms with van der Waals surface area (Å²) in [6.07, 6.45) is 1.58. The first kappa shape index (κ1) is 17.8. The molecule has 1 N–H and O–H groups in total. The molecule has 3 aromatic rings. The lowest BCUT2D eigenvalue weighted by Crippen LogP contribution is -2.14. The van der Waals surface area contributed by atoms with Gasteiger partial charge in [0.2, 0.25) is 5.88 Å². The number of rotatable bonds is 6. The summed E-state index contributed by atoms with van der Waals surface area (Å²) in [6, 6.07) is 17.6. The summed E-state index contributed by atoms with van der Waals surface area (Å²) in [4.78, 5) is 16.8.